The Labute approximate surface area is 280 Å². The van der Waals surface area contributed by atoms with E-state index in [1.54, 1.807) is 0 Å². The predicted octanol–water partition coefficient (Wildman–Crippen LogP) is 12.7. The summed E-state index contributed by atoms with van der Waals surface area (Å²) in [6.07, 6.45) is 0. The molecule has 0 aliphatic heterocycles. The lowest BCUT2D eigenvalue weighted by Gasteiger charge is -2.28. The molecule has 48 heavy (non-hydrogen) atoms. The molecule has 0 spiro atoms. The standard InChI is InChI=1S/C46H32N2/c1-4-14-33(15-5-1)34-24-26-37(27-25-34)47(45-31-30-39(35-16-6-2-7-17-35)40-20-10-11-21-41(40)45)38-28-29-43-42-22-12-13-23-44(42)48(46(43)32-38)36-18-8-3-9-19-36/h1-32H. The first-order chi connectivity index (χ1) is 23.8. The molecule has 0 atom stereocenters. The van der Waals surface area contributed by atoms with Gasteiger partial charge in [0.05, 0.1) is 16.7 Å². The molecule has 2 heteroatoms. The third-order valence-electron chi connectivity index (χ3n) is 9.39. The topological polar surface area (TPSA) is 8.17 Å². The number of benzene rings is 8. The molecule has 1 aromatic heterocycles. The van der Waals surface area contributed by atoms with Crippen LogP contribution in [0, 0.1) is 0 Å². The Balaban J connectivity index is 1.29. The number of anilines is 3. The van der Waals surface area contributed by atoms with Gasteiger partial charge in [-0.3, -0.25) is 0 Å². The molecule has 0 unspecified atom stereocenters. The van der Waals surface area contributed by atoms with Crippen LogP contribution in [-0.2, 0) is 0 Å². The number of nitrogens with zero attached hydrogens (tertiary/aromatic N) is 2. The Hall–Kier alpha value is -6.38. The molecule has 0 saturated carbocycles. The highest BCUT2D eigenvalue weighted by molar-refractivity contribution is 6.11. The van der Waals surface area contributed by atoms with Gasteiger partial charge >= 0.3 is 0 Å². The van der Waals surface area contributed by atoms with Crippen molar-refractivity contribution >= 4 is 49.6 Å². The van der Waals surface area contributed by atoms with Crippen molar-refractivity contribution in [1.29, 1.82) is 0 Å². The monoisotopic (exact) mass is 612 g/mol. The summed E-state index contributed by atoms with van der Waals surface area (Å²) < 4.78 is 2.39. The van der Waals surface area contributed by atoms with Gasteiger partial charge in [0.15, 0.2) is 0 Å². The molecule has 9 rings (SSSR count). The summed E-state index contributed by atoms with van der Waals surface area (Å²) in [6.45, 7) is 0. The minimum Gasteiger partial charge on any atom is -0.310 e. The maximum Gasteiger partial charge on any atom is 0.0561 e. The van der Waals surface area contributed by atoms with E-state index in [4.69, 9.17) is 0 Å². The molecule has 0 radical (unpaired) electrons. The fourth-order valence-corrected chi connectivity index (χ4v) is 7.16. The second kappa shape index (κ2) is 11.8. The average Bonchev–Trinajstić information content (AvgIpc) is 3.50. The summed E-state index contributed by atoms with van der Waals surface area (Å²) in [5, 5.41) is 4.92. The van der Waals surface area contributed by atoms with E-state index in [9.17, 15) is 0 Å². The third-order valence-corrected chi connectivity index (χ3v) is 9.39. The molecule has 2 nitrogen and oxygen atoms in total. The summed E-state index contributed by atoms with van der Waals surface area (Å²) in [5.41, 5.74) is 11.7. The van der Waals surface area contributed by atoms with Crippen molar-refractivity contribution in [3.8, 4) is 27.9 Å². The number of hydrogen-bond donors (Lipinski definition) is 0. The predicted molar refractivity (Wildman–Crippen MR) is 204 cm³/mol. The lowest BCUT2D eigenvalue weighted by atomic mass is 9.96. The molecular formula is C46H32N2. The van der Waals surface area contributed by atoms with Gasteiger partial charge in [-0.15, -0.1) is 0 Å². The molecule has 0 N–H and O–H groups in total. The van der Waals surface area contributed by atoms with Crippen LogP contribution < -0.4 is 4.90 Å². The lowest BCUT2D eigenvalue weighted by Crippen LogP contribution is -2.11. The molecule has 0 amide bonds. The first-order valence-electron chi connectivity index (χ1n) is 16.4. The number of para-hydroxylation sites is 2. The van der Waals surface area contributed by atoms with E-state index >= 15 is 0 Å². The van der Waals surface area contributed by atoms with Gasteiger partial charge in [-0.25, -0.2) is 0 Å². The maximum absolute atomic E-state index is 2.42. The Kier molecular flexibility index (Phi) is 6.84. The average molecular weight is 613 g/mol. The zero-order valence-corrected chi connectivity index (χ0v) is 26.4. The molecular weight excluding hydrogens is 581 g/mol. The van der Waals surface area contributed by atoms with Gasteiger partial charge in [0.25, 0.3) is 0 Å². The Bertz CT molecular complexity index is 2530. The quantitative estimate of drug-likeness (QED) is 0.181. The number of fused-ring (bicyclic) bond motifs is 4. The molecule has 0 fully saturated rings. The summed E-state index contributed by atoms with van der Waals surface area (Å²) in [6, 6.07) is 69.9. The highest BCUT2D eigenvalue weighted by Gasteiger charge is 2.20. The van der Waals surface area contributed by atoms with Gasteiger partial charge in [-0.1, -0.05) is 146 Å². The van der Waals surface area contributed by atoms with Crippen molar-refractivity contribution in [2.24, 2.45) is 0 Å². The first-order valence-corrected chi connectivity index (χ1v) is 16.4. The Morgan fingerprint density at radius 1 is 0.333 bits per heavy atom. The van der Waals surface area contributed by atoms with Crippen LogP contribution >= 0.6 is 0 Å². The van der Waals surface area contributed by atoms with Crippen LogP contribution in [0.2, 0.25) is 0 Å². The normalized spacial score (nSPS) is 11.3. The van der Waals surface area contributed by atoms with Crippen LogP contribution in [-0.4, -0.2) is 4.57 Å². The highest BCUT2D eigenvalue weighted by Crippen LogP contribution is 2.44. The van der Waals surface area contributed by atoms with Crippen molar-refractivity contribution in [3.63, 3.8) is 0 Å². The van der Waals surface area contributed by atoms with Crippen LogP contribution in [0.5, 0.6) is 0 Å². The zero-order valence-electron chi connectivity index (χ0n) is 26.4. The molecule has 0 bridgehead atoms. The fourth-order valence-electron chi connectivity index (χ4n) is 7.16. The third kappa shape index (κ3) is 4.74. The fraction of sp³-hybridized carbons (Fsp3) is 0. The summed E-state index contributed by atoms with van der Waals surface area (Å²) >= 11 is 0. The van der Waals surface area contributed by atoms with E-state index in [0.717, 1.165) is 22.7 Å². The molecule has 0 aliphatic rings. The second-order valence-electron chi connectivity index (χ2n) is 12.2. The van der Waals surface area contributed by atoms with Gasteiger partial charge in [0, 0.05) is 33.2 Å². The molecule has 1 heterocycles. The SMILES string of the molecule is c1ccc(-c2ccc(N(c3ccc4c5ccccc5n(-c5ccccc5)c4c3)c3ccc(-c4ccccc4)c4ccccc34)cc2)cc1. The maximum atomic E-state index is 2.42. The number of rotatable bonds is 6. The molecule has 9 aromatic rings. The van der Waals surface area contributed by atoms with Crippen molar-refractivity contribution in [1.82, 2.24) is 4.57 Å². The zero-order chi connectivity index (χ0) is 31.9. The van der Waals surface area contributed by atoms with Crippen molar-refractivity contribution in [2.75, 3.05) is 4.90 Å². The number of hydrogen-bond acceptors (Lipinski definition) is 1. The van der Waals surface area contributed by atoms with E-state index in [-0.39, 0.29) is 0 Å². The molecule has 226 valence electrons. The van der Waals surface area contributed by atoms with E-state index in [2.05, 4.69) is 204 Å². The van der Waals surface area contributed by atoms with Gasteiger partial charge in [-0.2, -0.15) is 0 Å². The van der Waals surface area contributed by atoms with Crippen LogP contribution in [0.1, 0.15) is 0 Å². The van der Waals surface area contributed by atoms with Gasteiger partial charge in [0.1, 0.15) is 0 Å². The van der Waals surface area contributed by atoms with E-state index < -0.39 is 0 Å². The highest BCUT2D eigenvalue weighted by atomic mass is 15.1. The minimum atomic E-state index is 1.10. The minimum absolute atomic E-state index is 1.10. The van der Waals surface area contributed by atoms with E-state index in [0.29, 0.717) is 0 Å². The first kappa shape index (κ1) is 27.9. The van der Waals surface area contributed by atoms with Crippen molar-refractivity contribution < 1.29 is 0 Å². The Morgan fingerprint density at radius 3 is 1.60 bits per heavy atom. The summed E-state index contributed by atoms with van der Waals surface area (Å²) in [4.78, 5) is 2.42. The van der Waals surface area contributed by atoms with Gasteiger partial charge < -0.3 is 9.47 Å². The summed E-state index contributed by atoms with van der Waals surface area (Å²) in [7, 11) is 0. The van der Waals surface area contributed by atoms with Crippen LogP contribution in [0.3, 0.4) is 0 Å². The number of aromatic nitrogens is 1. The van der Waals surface area contributed by atoms with E-state index in [1.165, 1.54) is 54.8 Å². The second-order valence-corrected chi connectivity index (χ2v) is 12.2. The van der Waals surface area contributed by atoms with Gasteiger partial charge in [-0.05, 0) is 76.2 Å². The summed E-state index contributed by atoms with van der Waals surface area (Å²) in [5.74, 6) is 0. The molecule has 0 saturated heterocycles. The lowest BCUT2D eigenvalue weighted by molar-refractivity contribution is 1.18. The molecule has 8 aromatic carbocycles. The molecule has 0 aliphatic carbocycles. The van der Waals surface area contributed by atoms with Crippen LogP contribution in [0.15, 0.2) is 194 Å². The van der Waals surface area contributed by atoms with Crippen LogP contribution in [0.25, 0.3) is 60.5 Å². The Morgan fingerprint density at radius 2 is 0.875 bits per heavy atom. The van der Waals surface area contributed by atoms with Crippen molar-refractivity contribution in [3.05, 3.63) is 194 Å². The van der Waals surface area contributed by atoms with Crippen LogP contribution in [0.4, 0.5) is 17.1 Å². The van der Waals surface area contributed by atoms with Crippen molar-refractivity contribution in [2.45, 2.75) is 0 Å². The van der Waals surface area contributed by atoms with Gasteiger partial charge in [0.2, 0.25) is 0 Å². The largest absolute Gasteiger partial charge is 0.310 e. The smallest absolute Gasteiger partial charge is 0.0561 e. The van der Waals surface area contributed by atoms with E-state index in [1.807, 2.05) is 0 Å².